The van der Waals surface area contributed by atoms with Crippen molar-refractivity contribution in [2.24, 2.45) is 0 Å². The molecule has 0 amide bonds. The van der Waals surface area contributed by atoms with E-state index in [1.54, 1.807) is 4.90 Å². The second-order valence-electron chi connectivity index (χ2n) is 7.90. The number of ether oxygens (including phenoxy) is 1. The summed E-state index contributed by atoms with van der Waals surface area (Å²) in [6.07, 6.45) is -2.20. The van der Waals surface area contributed by atoms with E-state index in [-0.39, 0.29) is 48.9 Å². The molecular weight excluding hydrogens is 452 g/mol. The minimum absolute atomic E-state index is 0.0290. The summed E-state index contributed by atoms with van der Waals surface area (Å²) in [5.41, 5.74) is -0.149. The lowest BCUT2D eigenvalue weighted by atomic mass is 10.1. The van der Waals surface area contributed by atoms with Gasteiger partial charge in [0.15, 0.2) is 21.5 Å². The van der Waals surface area contributed by atoms with Crippen LogP contribution in [0.1, 0.15) is 24.0 Å². The highest BCUT2D eigenvalue weighted by Gasteiger charge is 2.34. The number of nitrogens with zero attached hydrogens (tertiary/aromatic N) is 3. The van der Waals surface area contributed by atoms with Crippen molar-refractivity contribution in [1.82, 2.24) is 9.97 Å². The average Bonchev–Trinajstić information content (AvgIpc) is 3.56. The first-order valence-corrected chi connectivity index (χ1v) is 11.9. The van der Waals surface area contributed by atoms with E-state index in [0.29, 0.717) is 5.56 Å². The van der Waals surface area contributed by atoms with Gasteiger partial charge in [0.05, 0.1) is 29.8 Å². The topological polar surface area (TPSA) is 84.4 Å². The molecule has 0 bridgehead atoms. The summed E-state index contributed by atoms with van der Waals surface area (Å²) in [6.45, 7) is 0.351. The molecule has 2 heterocycles. The third-order valence-electron chi connectivity index (χ3n) is 5.35. The molecule has 2 aliphatic rings. The normalized spacial score (nSPS) is 20.7. The van der Waals surface area contributed by atoms with Crippen LogP contribution >= 0.6 is 0 Å². The van der Waals surface area contributed by atoms with Gasteiger partial charge in [-0.05, 0) is 30.5 Å². The van der Waals surface area contributed by atoms with Crippen LogP contribution in [-0.4, -0.2) is 55.2 Å². The maximum absolute atomic E-state index is 15.2. The Morgan fingerprint density at radius 3 is 2.50 bits per heavy atom. The maximum atomic E-state index is 15.2. The van der Waals surface area contributed by atoms with Crippen LogP contribution in [0.3, 0.4) is 0 Å². The Morgan fingerprint density at radius 1 is 1.16 bits per heavy atom. The highest BCUT2D eigenvalue weighted by molar-refractivity contribution is 7.91. The molecule has 2 fully saturated rings. The molecule has 2 aromatic rings. The van der Waals surface area contributed by atoms with Gasteiger partial charge in [0.25, 0.3) is 0 Å². The smallest absolute Gasteiger partial charge is 0.374 e. The summed E-state index contributed by atoms with van der Waals surface area (Å²) in [5.74, 6) is -0.927. The van der Waals surface area contributed by atoms with Crippen molar-refractivity contribution in [3.63, 3.8) is 0 Å². The Labute approximate surface area is 182 Å². The maximum Gasteiger partial charge on any atom is 0.416 e. The number of halogens is 4. The van der Waals surface area contributed by atoms with Crippen LogP contribution in [0.15, 0.2) is 30.6 Å². The number of anilines is 2. The van der Waals surface area contributed by atoms with Gasteiger partial charge in [-0.25, -0.2) is 18.4 Å². The lowest BCUT2D eigenvalue weighted by Crippen LogP contribution is -2.38. The number of rotatable bonds is 7. The fourth-order valence-corrected chi connectivity index (χ4v) is 4.83. The van der Waals surface area contributed by atoms with Gasteiger partial charge in [0.1, 0.15) is 6.33 Å². The van der Waals surface area contributed by atoms with E-state index < -0.39 is 33.5 Å². The third kappa shape index (κ3) is 5.47. The zero-order chi connectivity index (χ0) is 22.9. The first kappa shape index (κ1) is 22.7. The number of sulfone groups is 1. The molecule has 1 aliphatic heterocycles. The van der Waals surface area contributed by atoms with Crippen molar-refractivity contribution < 1.29 is 30.7 Å². The van der Waals surface area contributed by atoms with Gasteiger partial charge < -0.3 is 15.0 Å². The van der Waals surface area contributed by atoms with Crippen LogP contribution < -0.4 is 10.2 Å². The van der Waals surface area contributed by atoms with Crippen molar-refractivity contribution in [2.45, 2.75) is 37.7 Å². The fourth-order valence-electron chi connectivity index (χ4n) is 3.53. The molecule has 1 aromatic heterocycles. The Morgan fingerprint density at radius 2 is 1.88 bits per heavy atom. The van der Waals surface area contributed by atoms with Crippen molar-refractivity contribution in [2.75, 3.05) is 34.9 Å². The number of hydrogen-bond donors (Lipinski definition) is 1. The summed E-state index contributed by atoms with van der Waals surface area (Å²) in [5, 5.41) is 2.80. The summed E-state index contributed by atoms with van der Waals surface area (Å²) in [6, 6.07) is 4.78. The molecule has 174 valence electrons. The van der Waals surface area contributed by atoms with Gasteiger partial charge >= 0.3 is 6.18 Å². The zero-order valence-corrected chi connectivity index (χ0v) is 17.8. The molecule has 1 saturated carbocycles. The Bertz CT molecular complexity index is 1060. The zero-order valence-electron chi connectivity index (χ0n) is 17.0. The van der Waals surface area contributed by atoms with E-state index in [1.807, 2.05) is 0 Å². The van der Waals surface area contributed by atoms with Crippen molar-refractivity contribution in [3.8, 4) is 0 Å². The predicted molar refractivity (Wildman–Crippen MR) is 110 cm³/mol. The van der Waals surface area contributed by atoms with Gasteiger partial charge in [0, 0.05) is 19.1 Å². The molecular formula is C20H22F4N4O3S. The first-order chi connectivity index (χ1) is 15.1. The molecule has 4 rings (SSSR count). The molecule has 1 saturated heterocycles. The molecule has 7 nitrogen and oxygen atoms in total. The van der Waals surface area contributed by atoms with Gasteiger partial charge in [-0.2, -0.15) is 17.6 Å². The Balaban J connectivity index is 1.48. The first-order valence-electron chi connectivity index (χ1n) is 10.1. The molecule has 0 spiro atoms. The summed E-state index contributed by atoms with van der Waals surface area (Å²) < 4.78 is 82.5. The number of benzene rings is 1. The standard InChI is InChI=1S/C20H22F4N4O3S/c21-17-18(25-9-16-11-32(29,30)8-7-31-16)26-12-27-19(17)28(15-5-6-15)10-13-1-3-14(4-2-13)20(22,23)24/h1-4,12,15-16H,5-11H2,(H,25,26,27). The van der Waals surface area contributed by atoms with E-state index in [9.17, 15) is 21.6 Å². The van der Waals surface area contributed by atoms with E-state index in [1.165, 1.54) is 18.5 Å². The average molecular weight is 474 g/mol. The van der Waals surface area contributed by atoms with Crippen LogP contribution in [0.25, 0.3) is 0 Å². The third-order valence-corrected chi connectivity index (χ3v) is 7.02. The quantitative estimate of drug-likeness (QED) is 0.618. The van der Waals surface area contributed by atoms with Crippen molar-refractivity contribution >= 4 is 21.5 Å². The van der Waals surface area contributed by atoms with E-state index in [2.05, 4.69) is 15.3 Å². The van der Waals surface area contributed by atoms with Gasteiger partial charge in [0.2, 0.25) is 5.82 Å². The van der Waals surface area contributed by atoms with Crippen LogP contribution in [0, 0.1) is 5.82 Å². The molecule has 0 radical (unpaired) electrons. The molecule has 32 heavy (non-hydrogen) atoms. The Hall–Kier alpha value is -2.47. The molecule has 12 heteroatoms. The van der Waals surface area contributed by atoms with Crippen LogP contribution in [0.5, 0.6) is 0 Å². The second-order valence-corrected chi connectivity index (χ2v) is 10.1. The number of aromatic nitrogens is 2. The van der Waals surface area contributed by atoms with E-state index >= 15 is 4.39 Å². The Kier molecular flexibility index (Phi) is 6.26. The van der Waals surface area contributed by atoms with Gasteiger partial charge in [-0.1, -0.05) is 12.1 Å². The SMILES string of the molecule is O=S1(=O)CCOC(CNc2ncnc(N(Cc3ccc(C(F)(F)F)cc3)C3CC3)c2F)C1. The number of hydrogen-bond acceptors (Lipinski definition) is 7. The van der Waals surface area contributed by atoms with Crippen LogP contribution in [0.4, 0.5) is 29.2 Å². The van der Waals surface area contributed by atoms with Crippen molar-refractivity contribution in [3.05, 3.63) is 47.5 Å². The predicted octanol–water partition coefficient (Wildman–Crippen LogP) is 3.03. The van der Waals surface area contributed by atoms with E-state index in [0.717, 1.165) is 25.0 Å². The molecule has 1 unspecified atom stereocenters. The molecule has 1 aromatic carbocycles. The second kappa shape index (κ2) is 8.81. The summed E-state index contributed by atoms with van der Waals surface area (Å²) in [4.78, 5) is 9.69. The fraction of sp³-hybridized carbons (Fsp3) is 0.500. The largest absolute Gasteiger partial charge is 0.416 e. The molecule has 1 N–H and O–H groups in total. The van der Waals surface area contributed by atoms with Crippen LogP contribution in [-0.2, 0) is 27.3 Å². The van der Waals surface area contributed by atoms with Crippen molar-refractivity contribution in [1.29, 1.82) is 0 Å². The molecule has 1 atom stereocenters. The minimum atomic E-state index is -4.42. The monoisotopic (exact) mass is 474 g/mol. The molecule has 1 aliphatic carbocycles. The number of alkyl halides is 3. The highest BCUT2D eigenvalue weighted by atomic mass is 32.2. The highest BCUT2D eigenvalue weighted by Crippen LogP contribution is 2.35. The summed E-state index contributed by atoms with van der Waals surface area (Å²) in [7, 11) is -3.19. The van der Waals surface area contributed by atoms with Crippen LogP contribution in [0.2, 0.25) is 0 Å². The van der Waals surface area contributed by atoms with E-state index in [4.69, 9.17) is 4.74 Å². The lowest BCUT2D eigenvalue weighted by Gasteiger charge is -2.26. The number of nitrogens with one attached hydrogen (secondary N) is 1. The minimum Gasteiger partial charge on any atom is -0.374 e. The lowest BCUT2D eigenvalue weighted by molar-refractivity contribution is -0.137. The van der Waals surface area contributed by atoms with Gasteiger partial charge in [-0.15, -0.1) is 0 Å². The van der Waals surface area contributed by atoms with Gasteiger partial charge in [-0.3, -0.25) is 0 Å². The summed E-state index contributed by atoms with van der Waals surface area (Å²) >= 11 is 0.